The number of aliphatic hydroxyl groups excluding tert-OH is 1. The van der Waals surface area contributed by atoms with Crippen LogP contribution in [0.5, 0.6) is 0 Å². The molecule has 2 saturated heterocycles. The quantitative estimate of drug-likeness (QED) is 0.461. The molecule has 0 aromatic heterocycles. The molecule has 5 aliphatic carbocycles. The minimum absolute atomic E-state index is 0. The second-order valence-electron chi connectivity index (χ2n) is 10.1. The van der Waals surface area contributed by atoms with Crippen LogP contribution in [0.2, 0.25) is 0 Å². The predicted molar refractivity (Wildman–Crippen MR) is 114 cm³/mol. The van der Waals surface area contributed by atoms with Gasteiger partial charge in [-0.25, -0.2) is 25.7 Å². The minimum atomic E-state index is -0.295. The van der Waals surface area contributed by atoms with E-state index in [9.17, 15) is 10.2 Å². The number of hydrogen-bond donors (Lipinski definition) is 3. The normalized spacial score (nSPS) is 43.4. The van der Waals surface area contributed by atoms with Gasteiger partial charge in [-0.1, -0.05) is 0 Å². The van der Waals surface area contributed by atoms with Crippen molar-refractivity contribution in [2.24, 2.45) is 17.8 Å². The molecule has 4 nitrogen and oxygen atoms in total. The van der Waals surface area contributed by atoms with Gasteiger partial charge in [0.25, 0.3) is 0 Å². The molecule has 7 aliphatic rings. The minimum Gasteiger partial charge on any atom is -0.400 e. The fourth-order valence-corrected chi connectivity index (χ4v) is 6.76. The zero-order chi connectivity index (χ0) is 20.0. The Labute approximate surface area is 204 Å². The first-order valence-corrected chi connectivity index (χ1v) is 11.8. The largest absolute Gasteiger partial charge is 0.400 e. The Balaban J connectivity index is 0.000000151. The van der Waals surface area contributed by atoms with Crippen LogP contribution in [0, 0.1) is 30.6 Å². The van der Waals surface area contributed by atoms with E-state index in [1.165, 1.54) is 64.5 Å². The third-order valence-electron chi connectivity index (χ3n) is 7.79. The summed E-state index contributed by atoms with van der Waals surface area (Å²) in [7, 11) is 1.00. The summed E-state index contributed by atoms with van der Waals surface area (Å²) in [6.07, 6.45) is 20.7. The van der Waals surface area contributed by atoms with Gasteiger partial charge in [-0.15, -0.1) is 0 Å². The van der Waals surface area contributed by atoms with Gasteiger partial charge in [0, 0.05) is 46.4 Å². The van der Waals surface area contributed by atoms with Crippen LogP contribution >= 0.6 is 0 Å². The molecule has 0 aromatic carbocycles. The molecule has 7 rings (SSSR count). The number of hydrogen-bond acceptors (Lipinski definition) is 4. The monoisotopic (exact) mass is 482 g/mol. The third kappa shape index (κ3) is 7.50. The zero-order valence-corrected chi connectivity index (χ0v) is 21.4. The van der Waals surface area contributed by atoms with Crippen LogP contribution in [0.1, 0.15) is 83.5 Å². The van der Waals surface area contributed by atoms with Crippen molar-refractivity contribution in [1.29, 1.82) is 0 Å². The SMILES string of the molecule is CO.OC12CC3CC(C1)C(C3)C2.OC12CCCN(CCC1)C2.[CH-]1CC[CH-]CC1.[Y]. The fraction of sp³-hybridized carbons (Fsp3) is 0.917. The zero-order valence-electron chi connectivity index (χ0n) is 18.6. The summed E-state index contributed by atoms with van der Waals surface area (Å²) in [6.45, 7) is 3.36. The summed E-state index contributed by atoms with van der Waals surface area (Å²) >= 11 is 0. The summed E-state index contributed by atoms with van der Waals surface area (Å²) in [4.78, 5) is 2.38. The van der Waals surface area contributed by atoms with E-state index in [0.717, 1.165) is 63.5 Å². The molecule has 2 aliphatic heterocycles. The maximum atomic E-state index is 9.92. The predicted octanol–water partition coefficient (Wildman–Crippen LogP) is 3.74. The van der Waals surface area contributed by atoms with Gasteiger partial charge in [-0.3, -0.25) is 0 Å². The van der Waals surface area contributed by atoms with Crippen LogP contribution in [0.4, 0.5) is 0 Å². The van der Waals surface area contributed by atoms with Crippen LogP contribution in [-0.2, 0) is 32.7 Å². The van der Waals surface area contributed by atoms with Crippen LogP contribution in [0.15, 0.2) is 0 Å². The van der Waals surface area contributed by atoms with Gasteiger partial charge in [-0.2, -0.15) is 0 Å². The molecule has 167 valence electrons. The van der Waals surface area contributed by atoms with E-state index >= 15 is 0 Å². The maximum absolute atomic E-state index is 9.92. The van der Waals surface area contributed by atoms with E-state index in [1.54, 1.807) is 0 Å². The smallest absolute Gasteiger partial charge is 0.0775 e. The summed E-state index contributed by atoms with van der Waals surface area (Å²) in [6, 6.07) is 0. The van der Waals surface area contributed by atoms with Gasteiger partial charge < -0.3 is 33.1 Å². The van der Waals surface area contributed by atoms with Crippen molar-refractivity contribution in [1.82, 2.24) is 4.90 Å². The van der Waals surface area contributed by atoms with E-state index in [2.05, 4.69) is 17.7 Å². The van der Waals surface area contributed by atoms with Crippen molar-refractivity contribution in [3.63, 3.8) is 0 Å². The van der Waals surface area contributed by atoms with Gasteiger partial charge in [0.1, 0.15) is 0 Å². The van der Waals surface area contributed by atoms with Gasteiger partial charge in [0.2, 0.25) is 0 Å². The maximum Gasteiger partial charge on any atom is 0.0775 e. The number of aliphatic hydroxyl groups is 3. The molecule has 29 heavy (non-hydrogen) atoms. The van der Waals surface area contributed by atoms with E-state index < -0.39 is 0 Å². The topological polar surface area (TPSA) is 63.9 Å². The molecule has 7 fully saturated rings. The number of rotatable bonds is 0. The van der Waals surface area contributed by atoms with Crippen molar-refractivity contribution in [3.8, 4) is 0 Å². The third-order valence-corrected chi connectivity index (χ3v) is 7.79. The van der Waals surface area contributed by atoms with Crippen LogP contribution in [-0.4, -0.2) is 58.2 Å². The van der Waals surface area contributed by atoms with E-state index in [0.29, 0.717) is 0 Å². The van der Waals surface area contributed by atoms with Crippen molar-refractivity contribution in [2.75, 3.05) is 26.7 Å². The molecule has 1 radical (unpaired) electrons. The first kappa shape index (κ1) is 26.2. The Kier molecular flexibility index (Phi) is 11.1. The summed E-state index contributed by atoms with van der Waals surface area (Å²) < 4.78 is 0. The second kappa shape index (κ2) is 12.3. The van der Waals surface area contributed by atoms with E-state index in [-0.39, 0.29) is 43.9 Å². The molecule has 0 aromatic rings. The molecule has 2 unspecified atom stereocenters. The van der Waals surface area contributed by atoms with Crippen LogP contribution in [0.3, 0.4) is 0 Å². The van der Waals surface area contributed by atoms with E-state index in [1.807, 2.05) is 0 Å². The first-order valence-electron chi connectivity index (χ1n) is 11.8. The fourth-order valence-electron chi connectivity index (χ4n) is 6.76. The van der Waals surface area contributed by atoms with Crippen molar-refractivity contribution in [2.45, 2.75) is 94.7 Å². The molecule has 5 saturated carbocycles. The Bertz CT molecular complexity index is 425. The average molecular weight is 483 g/mol. The Morgan fingerprint density at radius 3 is 1.55 bits per heavy atom. The molecule has 0 amide bonds. The van der Waals surface area contributed by atoms with Crippen LogP contribution < -0.4 is 0 Å². The number of nitrogens with zero attached hydrogens (tertiary/aromatic N) is 1. The standard InChI is InChI=1S/C9H14O.C8H15NO.C6H10.CH4O.Y/c10-9-3-6-1-7(4-9)8(2-6)5-9;10-8-3-1-5-9(7-8)6-2-4-8;1-2-4-6-5-3-1;1-2;/h6-8,10H,1-5H2;10H,1-7H2;1,6H,2-5H2;2H,1H3;/q;;-2;;. The molecular formula is C24H43NO3Y-2. The summed E-state index contributed by atoms with van der Waals surface area (Å²) in [5.41, 5.74) is -0.479. The van der Waals surface area contributed by atoms with E-state index in [4.69, 9.17) is 5.11 Å². The molecule has 5 heteroatoms. The van der Waals surface area contributed by atoms with Crippen molar-refractivity contribution in [3.05, 3.63) is 12.8 Å². The van der Waals surface area contributed by atoms with Gasteiger partial charge in [0.15, 0.2) is 0 Å². The summed E-state index contributed by atoms with van der Waals surface area (Å²) in [5, 5.41) is 26.8. The van der Waals surface area contributed by atoms with Crippen LogP contribution in [0.25, 0.3) is 0 Å². The molecule has 3 N–H and O–H groups in total. The van der Waals surface area contributed by atoms with Gasteiger partial charge >= 0.3 is 0 Å². The molecule has 2 atom stereocenters. The first-order chi connectivity index (χ1) is 13.5. The molecular weight excluding hydrogens is 439 g/mol. The molecule has 6 bridgehead atoms. The molecule has 2 heterocycles. The van der Waals surface area contributed by atoms with Gasteiger partial charge in [0.05, 0.1) is 11.2 Å². The Morgan fingerprint density at radius 1 is 0.759 bits per heavy atom. The van der Waals surface area contributed by atoms with Gasteiger partial charge in [-0.05, 0) is 88.6 Å². The molecule has 0 spiro atoms. The number of piperidine rings is 2. The Hall–Kier alpha value is 0.944. The Morgan fingerprint density at radius 2 is 1.24 bits per heavy atom. The van der Waals surface area contributed by atoms with Crippen molar-refractivity contribution >= 4 is 0 Å². The second-order valence-corrected chi connectivity index (χ2v) is 10.1. The summed E-state index contributed by atoms with van der Waals surface area (Å²) in [5.74, 6) is 2.75. The number of fused-ring (bicyclic) bond motifs is 2. The van der Waals surface area contributed by atoms with Crippen molar-refractivity contribution < 1.29 is 48.0 Å². The average Bonchev–Trinajstić information content (AvgIpc) is 3.10.